The van der Waals surface area contributed by atoms with E-state index < -0.39 is 11.9 Å². The molecule has 0 spiro atoms. The molecule has 0 N–H and O–H groups in total. The number of imide groups is 1. The Balaban J connectivity index is 1.24. The van der Waals surface area contributed by atoms with Gasteiger partial charge in [0.1, 0.15) is 5.75 Å². The van der Waals surface area contributed by atoms with Crippen molar-refractivity contribution < 1.29 is 23.9 Å². The van der Waals surface area contributed by atoms with Crippen molar-refractivity contribution >= 4 is 46.7 Å². The maximum atomic E-state index is 12.8. The van der Waals surface area contributed by atoms with E-state index in [1.807, 2.05) is 0 Å². The molecule has 2 aromatic carbocycles. The first-order valence-electron chi connectivity index (χ1n) is 11.2. The predicted octanol–water partition coefficient (Wildman–Crippen LogP) is 3.98. The van der Waals surface area contributed by atoms with E-state index in [1.165, 1.54) is 4.90 Å². The van der Waals surface area contributed by atoms with Gasteiger partial charge in [0.2, 0.25) is 17.7 Å². The van der Waals surface area contributed by atoms with Gasteiger partial charge < -0.3 is 9.64 Å². The monoisotopic (exact) mass is 466 g/mol. The third kappa shape index (κ3) is 4.02. The summed E-state index contributed by atoms with van der Waals surface area (Å²) in [4.78, 5) is 53.4. The van der Waals surface area contributed by atoms with E-state index in [2.05, 4.69) is 0 Å². The summed E-state index contributed by atoms with van der Waals surface area (Å²) in [5.74, 6) is -1.63. The van der Waals surface area contributed by atoms with E-state index in [-0.39, 0.29) is 42.5 Å². The maximum absolute atomic E-state index is 12.8. The van der Waals surface area contributed by atoms with Crippen LogP contribution in [0, 0.1) is 17.8 Å². The number of anilines is 2. The first-order valence-corrected chi connectivity index (χ1v) is 11.6. The van der Waals surface area contributed by atoms with Gasteiger partial charge in [0.15, 0.2) is 0 Å². The summed E-state index contributed by atoms with van der Waals surface area (Å²) in [6, 6.07) is 13.3. The summed E-state index contributed by atoms with van der Waals surface area (Å²) in [5.41, 5.74) is 1.17. The molecular weight excluding hydrogens is 444 g/mol. The summed E-state index contributed by atoms with van der Waals surface area (Å²) >= 11 is 5.91. The zero-order valence-electron chi connectivity index (χ0n) is 17.9. The second-order valence-electron chi connectivity index (χ2n) is 8.81. The normalized spacial score (nSPS) is 24.9. The second kappa shape index (κ2) is 8.63. The number of amides is 3. The molecule has 0 bridgehead atoms. The van der Waals surface area contributed by atoms with Crippen molar-refractivity contribution in [3.8, 4) is 5.75 Å². The van der Waals surface area contributed by atoms with E-state index in [4.69, 9.17) is 16.3 Å². The zero-order valence-corrected chi connectivity index (χ0v) is 18.7. The van der Waals surface area contributed by atoms with Crippen LogP contribution in [0.2, 0.25) is 5.02 Å². The number of benzene rings is 2. The third-order valence-corrected chi connectivity index (χ3v) is 7.00. The molecule has 1 aliphatic carbocycles. The molecule has 7 nitrogen and oxygen atoms in total. The number of carbonyl (C=O) groups excluding carboxylic acids is 4. The van der Waals surface area contributed by atoms with E-state index in [9.17, 15) is 19.2 Å². The van der Waals surface area contributed by atoms with Crippen LogP contribution in [0.25, 0.3) is 0 Å². The SMILES string of the molecule is O=C(Oc1ccc(N2C(=O)[C@H]3CCCC[C@H]3C2=O)cc1)[C@@H]1CC(=O)N(c2ccc(Cl)cc2)C1. The topological polar surface area (TPSA) is 84.0 Å². The molecule has 0 aromatic heterocycles. The van der Waals surface area contributed by atoms with Crippen molar-refractivity contribution in [2.45, 2.75) is 32.1 Å². The molecule has 2 heterocycles. The van der Waals surface area contributed by atoms with E-state index in [0.717, 1.165) is 25.7 Å². The van der Waals surface area contributed by atoms with Crippen molar-refractivity contribution in [2.75, 3.05) is 16.3 Å². The van der Waals surface area contributed by atoms with Crippen LogP contribution < -0.4 is 14.5 Å². The fourth-order valence-electron chi connectivity index (χ4n) is 5.02. The van der Waals surface area contributed by atoms with Crippen molar-refractivity contribution in [2.24, 2.45) is 17.8 Å². The smallest absolute Gasteiger partial charge is 0.316 e. The number of halogens is 1. The van der Waals surface area contributed by atoms with Crippen molar-refractivity contribution in [1.29, 1.82) is 0 Å². The molecule has 170 valence electrons. The van der Waals surface area contributed by atoms with Crippen LogP contribution in [-0.2, 0) is 19.2 Å². The molecule has 0 unspecified atom stereocenters. The minimum absolute atomic E-state index is 0.0686. The van der Waals surface area contributed by atoms with Gasteiger partial charge in [-0.3, -0.25) is 24.1 Å². The van der Waals surface area contributed by atoms with Crippen LogP contribution in [0.4, 0.5) is 11.4 Å². The largest absolute Gasteiger partial charge is 0.426 e. The first kappa shape index (κ1) is 21.6. The lowest BCUT2D eigenvalue weighted by Gasteiger charge is -2.19. The third-order valence-electron chi connectivity index (χ3n) is 6.75. The van der Waals surface area contributed by atoms with Crippen molar-refractivity contribution in [1.82, 2.24) is 0 Å². The molecule has 3 fully saturated rings. The lowest BCUT2D eigenvalue weighted by molar-refractivity contribution is -0.139. The number of hydrogen-bond donors (Lipinski definition) is 0. The Kier molecular flexibility index (Phi) is 5.66. The summed E-state index contributed by atoms with van der Waals surface area (Å²) in [6.07, 6.45) is 3.53. The maximum Gasteiger partial charge on any atom is 0.316 e. The Morgan fingerprint density at radius 3 is 2.03 bits per heavy atom. The highest BCUT2D eigenvalue weighted by Gasteiger charge is 2.48. The van der Waals surface area contributed by atoms with Crippen molar-refractivity contribution in [3.63, 3.8) is 0 Å². The number of esters is 1. The second-order valence-corrected chi connectivity index (χ2v) is 9.24. The quantitative estimate of drug-likeness (QED) is 0.386. The average molecular weight is 467 g/mol. The standard InChI is InChI=1S/C25H23ClN2O5/c26-16-5-7-17(8-6-16)27-14-15(13-22(27)29)25(32)33-19-11-9-18(10-12-19)28-23(30)20-3-1-2-4-21(20)24(28)31/h5-12,15,20-21H,1-4,13-14H2/t15-,20-,21+/m1/s1. The van der Waals surface area contributed by atoms with E-state index in [0.29, 0.717) is 22.1 Å². The van der Waals surface area contributed by atoms with Crippen LogP contribution in [0.15, 0.2) is 48.5 Å². The highest BCUT2D eigenvalue weighted by atomic mass is 35.5. The minimum atomic E-state index is -0.585. The van der Waals surface area contributed by atoms with Gasteiger partial charge in [-0.05, 0) is 61.4 Å². The van der Waals surface area contributed by atoms with E-state index >= 15 is 0 Å². The highest BCUT2D eigenvalue weighted by molar-refractivity contribution is 6.30. The molecule has 3 aliphatic rings. The molecule has 2 saturated heterocycles. The Bertz CT molecular complexity index is 1090. The van der Waals surface area contributed by atoms with Gasteiger partial charge in [-0.2, -0.15) is 0 Å². The molecule has 8 heteroatoms. The van der Waals surface area contributed by atoms with Gasteiger partial charge in [0.05, 0.1) is 23.4 Å². The molecule has 5 rings (SSSR count). The highest BCUT2D eigenvalue weighted by Crippen LogP contribution is 2.40. The molecule has 1 saturated carbocycles. The Morgan fingerprint density at radius 1 is 0.848 bits per heavy atom. The van der Waals surface area contributed by atoms with Gasteiger partial charge in [0, 0.05) is 23.7 Å². The lowest BCUT2D eigenvalue weighted by atomic mass is 9.81. The lowest BCUT2D eigenvalue weighted by Crippen LogP contribution is -2.30. The van der Waals surface area contributed by atoms with Crippen LogP contribution in [0.5, 0.6) is 5.75 Å². The molecule has 2 aromatic rings. The van der Waals surface area contributed by atoms with Gasteiger partial charge in [-0.1, -0.05) is 24.4 Å². The van der Waals surface area contributed by atoms with Crippen LogP contribution >= 0.6 is 11.6 Å². The van der Waals surface area contributed by atoms with Gasteiger partial charge in [-0.15, -0.1) is 0 Å². The molecule has 2 aliphatic heterocycles. The fourth-order valence-corrected chi connectivity index (χ4v) is 5.14. The summed E-state index contributed by atoms with van der Waals surface area (Å²) < 4.78 is 5.49. The summed E-state index contributed by atoms with van der Waals surface area (Å²) in [7, 11) is 0. The Labute approximate surface area is 196 Å². The fraction of sp³-hybridized carbons (Fsp3) is 0.360. The number of carbonyl (C=O) groups is 4. The number of nitrogens with zero attached hydrogens (tertiary/aromatic N) is 2. The molecule has 33 heavy (non-hydrogen) atoms. The van der Waals surface area contributed by atoms with Crippen molar-refractivity contribution in [3.05, 3.63) is 53.6 Å². The van der Waals surface area contributed by atoms with Crippen LogP contribution in [0.3, 0.4) is 0 Å². The molecule has 0 radical (unpaired) electrons. The number of fused-ring (bicyclic) bond motifs is 1. The van der Waals surface area contributed by atoms with E-state index in [1.54, 1.807) is 53.4 Å². The van der Waals surface area contributed by atoms with Gasteiger partial charge >= 0.3 is 5.97 Å². The Hall–Kier alpha value is -3.19. The number of ether oxygens (including phenoxy) is 1. The van der Waals surface area contributed by atoms with Gasteiger partial charge in [0.25, 0.3) is 0 Å². The average Bonchev–Trinajstić information content (AvgIpc) is 3.33. The predicted molar refractivity (Wildman–Crippen MR) is 122 cm³/mol. The Morgan fingerprint density at radius 2 is 1.42 bits per heavy atom. The molecular formula is C25H23ClN2O5. The molecule has 3 atom stereocenters. The van der Waals surface area contributed by atoms with Crippen LogP contribution in [0.1, 0.15) is 32.1 Å². The van der Waals surface area contributed by atoms with Gasteiger partial charge in [-0.25, -0.2) is 0 Å². The summed E-state index contributed by atoms with van der Waals surface area (Å²) in [6.45, 7) is 0.233. The zero-order chi connectivity index (χ0) is 23.1. The van der Waals surface area contributed by atoms with Crippen LogP contribution in [-0.4, -0.2) is 30.2 Å². The summed E-state index contributed by atoms with van der Waals surface area (Å²) in [5, 5.41) is 0.570. The molecule has 3 amide bonds. The number of rotatable bonds is 4. The number of hydrogen-bond acceptors (Lipinski definition) is 5. The first-order chi connectivity index (χ1) is 15.9. The minimum Gasteiger partial charge on any atom is -0.426 e.